The lowest BCUT2D eigenvalue weighted by atomic mass is 10.0. The summed E-state index contributed by atoms with van der Waals surface area (Å²) in [5.74, 6) is 0.479. The zero-order valence-electron chi connectivity index (χ0n) is 12.7. The van der Waals surface area contributed by atoms with Gasteiger partial charge in [-0.3, -0.25) is 4.68 Å². The van der Waals surface area contributed by atoms with Gasteiger partial charge in [-0.05, 0) is 5.56 Å². The molecule has 2 aromatic carbocycles. The second kappa shape index (κ2) is 6.18. The Hall–Kier alpha value is -2.72. The van der Waals surface area contributed by atoms with Crippen LogP contribution in [0.2, 0.25) is 0 Å². The van der Waals surface area contributed by atoms with Gasteiger partial charge in [0.2, 0.25) is 0 Å². The molecule has 4 nitrogen and oxygen atoms in total. The Balaban J connectivity index is 2.20. The molecule has 0 radical (unpaired) electrons. The molecule has 0 aliphatic carbocycles. The first-order valence-corrected chi connectivity index (χ1v) is 7.56. The van der Waals surface area contributed by atoms with Crippen molar-refractivity contribution >= 4 is 28.1 Å². The van der Waals surface area contributed by atoms with Crippen LogP contribution < -0.4 is 11.5 Å². The number of hydrogen-bond acceptors (Lipinski definition) is 3. The van der Waals surface area contributed by atoms with Crippen LogP contribution in [0.25, 0.3) is 22.0 Å². The van der Waals surface area contributed by atoms with E-state index in [0.29, 0.717) is 22.1 Å². The molecule has 0 amide bonds. The Morgan fingerprint density at radius 1 is 1.00 bits per heavy atom. The number of benzene rings is 2. The summed E-state index contributed by atoms with van der Waals surface area (Å²) in [7, 11) is 1.79. The number of nitrogens with two attached hydrogens (primary N) is 2. The Morgan fingerprint density at radius 3 is 2.17 bits per heavy atom. The lowest BCUT2D eigenvalue weighted by molar-refractivity contribution is 0.782. The first-order valence-electron chi connectivity index (χ1n) is 7.18. The van der Waals surface area contributed by atoms with E-state index in [1.54, 1.807) is 11.7 Å². The molecule has 116 valence electrons. The highest BCUT2D eigenvalue weighted by molar-refractivity contribution is 6.53. The second-order valence-corrected chi connectivity index (χ2v) is 5.57. The van der Waals surface area contributed by atoms with Gasteiger partial charge >= 0.3 is 0 Å². The predicted octanol–water partition coefficient (Wildman–Crippen LogP) is 3.69. The molecule has 0 aliphatic rings. The van der Waals surface area contributed by atoms with Crippen molar-refractivity contribution in [2.75, 3.05) is 5.73 Å². The summed E-state index contributed by atoms with van der Waals surface area (Å²) in [6.07, 6.45) is 0. The maximum absolute atomic E-state index is 6.59. The Morgan fingerprint density at radius 2 is 1.57 bits per heavy atom. The summed E-state index contributed by atoms with van der Waals surface area (Å²) in [5, 5.41) is 4.90. The Labute approximate surface area is 140 Å². The van der Waals surface area contributed by atoms with Crippen LogP contribution in [-0.4, -0.2) is 9.78 Å². The zero-order chi connectivity index (χ0) is 16.4. The van der Waals surface area contributed by atoms with E-state index in [-0.39, 0.29) is 0 Å². The number of anilines is 1. The van der Waals surface area contributed by atoms with Crippen molar-refractivity contribution in [1.29, 1.82) is 0 Å². The van der Waals surface area contributed by atoms with E-state index in [1.807, 2.05) is 60.7 Å². The largest absolute Gasteiger partial charge is 0.397 e. The van der Waals surface area contributed by atoms with Crippen molar-refractivity contribution in [1.82, 2.24) is 9.78 Å². The molecule has 3 aromatic rings. The molecule has 1 aromatic heterocycles. The number of halogens is 1. The fourth-order valence-electron chi connectivity index (χ4n) is 2.43. The first kappa shape index (κ1) is 15.2. The molecule has 5 heteroatoms. The molecule has 4 N–H and O–H groups in total. The number of aryl methyl sites for hydroxylation is 1. The molecular formula is C18H17ClN4. The third kappa shape index (κ3) is 2.81. The van der Waals surface area contributed by atoms with Crippen LogP contribution in [0.3, 0.4) is 0 Å². The molecule has 1 heterocycles. The van der Waals surface area contributed by atoms with Crippen LogP contribution in [0.1, 0.15) is 11.1 Å². The van der Waals surface area contributed by atoms with Crippen LogP contribution >= 0.6 is 11.6 Å². The maximum Gasteiger partial charge on any atom is 0.130 e. The first-order chi connectivity index (χ1) is 11.1. The van der Waals surface area contributed by atoms with Gasteiger partial charge in [-0.25, -0.2) is 0 Å². The molecule has 0 atom stereocenters. The fourth-order valence-corrected chi connectivity index (χ4v) is 2.73. The Kier molecular flexibility index (Phi) is 4.08. The molecule has 0 saturated carbocycles. The van der Waals surface area contributed by atoms with Gasteiger partial charge < -0.3 is 11.5 Å². The van der Waals surface area contributed by atoms with Crippen molar-refractivity contribution in [2.24, 2.45) is 12.8 Å². The van der Waals surface area contributed by atoms with Crippen molar-refractivity contribution in [3.05, 3.63) is 71.8 Å². The van der Waals surface area contributed by atoms with Crippen LogP contribution in [0.4, 0.5) is 5.82 Å². The lowest BCUT2D eigenvalue weighted by Crippen LogP contribution is -2.02. The predicted molar refractivity (Wildman–Crippen MR) is 96.4 cm³/mol. The van der Waals surface area contributed by atoms with Gasteiger partial charge in [-0.2, -0.15) is 5.10 Å². The minimum Gasteiger partial charge on any atom is -0.397 e. The smallest absolute Gasteiger partial charge is 0.130 e. The van der Waals surface area contributed by atoms with Gasteiger partial charge in [0.25, 0.3) is 0 Å². The van der Waals surface area contributed by atoms with Crippen molar-refractivity contribution in [3.8, 4) is 11.3 Å². The molecule has 0 unspecified atom stereocenters. The quantitative estimate of drug-likeness (QED) is 0.772. The minimum absolute atomic E-state index is 0.403. The van der Waals surface area contributed by atoms with Gasteiger partial charge in [0.05, 0.1) is 16.3 Å². The number of nitrogens with zero attached hydrogens (tertiary/aromatic N) is 2. The summed E-state index contributed by atoms with van der Waals surface area (Å²) in [5.41, 5.74) is 16.1. The number of hydrogen-bond donors (Lipinski definition) is 2. The molecule has 3 rings (SSSR count). The average molecular weight is 325 g/mol. The van der Waals surface area contributed by atoms with E-state index in [2.05, 4.69) is 5.10 Å². The number of rotatable bonds is 3. The highest BCUT2D eigenvalue weighted by Gasteiger charge is 2.20. The van der Waals surface area contributed by atoms with E-state index in [9.17, 15) is 0 Å². The topological polar surface area (TPSA) is 69.9 Å². The normalized spacial score (nSPS) is 12.1. The van der Waals surface area contributed by atoms with E-state index in [0.717, 1.165) is 16.8 Å². The van der Waals surface area contributed by atoms with Crippen LogP contribution in [-0.2, 0) is 7.05 Å². The lowest BCUT2D eigenvalue weighted by Gasteiger charge is -2.08. The van der Waals surface area contributed by atoms with Gasteiger partial charge in [0.15, 0.2) is 0 Å². The molecule has 23 heavy (non-hydrogen) atoms. The van der Waals surface area contributed by atoms with Crippen LogP contribution in [0.15, 0.2) is 60.7 Å². The summed E-state index contributed by atoms with van der Waals surface area (Å²) < 4.78 is 1.61. The second-order valence-electron chi connectivity index (χ2n) is 5.19. The summed E-state index contributed by atoms with van der Waals surface area (Å²) in [6.45, 7) is 0. The van der Waals surface area contributed by atoms with Crippen molar-refractivity contribution in [2.45, 2.75) is 0 Å². The van der Waals surface area contributed by atoms with Crippen LogP contribution in [0.5, 0.6) is 0 Å². The average Bonchev–Trinajstić information content (AvgIpc) is 2.90. The number of nitrogen functional groups attached to an aromatic ring is 1. The molecule has 0 saturated heterocycles. The van der Waals surface area contributed by atoms with Gasteiger partial charge in [0, 0.05) is 12.6 Å². The molecule has 0 bridgehead atoms. The maximum atomic E-state index is 6.59. The fraction of sp³-hybridized carbons (Fsp3) is 0.0556. The molecular weight excluding hydrogens is 308 g/mol. The van der Waals surface area contributed by atoms with Crippen molar-refractivity contribution < 1.29 is 0 Å². The molecule has 0 spiro atoms. The van der Waals surface area contributed by atoms with E-state index in [4.69, 9.17) is 23.1 Å². The highest BCUT2D eigenvalue weighted by Crippen LogP contribution is 2.37. The third-order valence-corrected chi connectivity index (χ3v) is 4.07. The SMILES string of the molecule is Cn1nc(-c2ccccc2)c(/C(Cl)=C(\N)c2ccccc2)c1N. The zero-order valence-corrected chi connectivity index (χ0v) is 13.5. The van der Waals surface area contributed by atoms with Gasteiger partial charge in [-0.15, -0.1) is 0 Å². The van der Waals surface area contributed by atoms with E-state index < -0.39 is 0 Å². The third-order valence-electron chi connectivity index (χ3n) is 3.68. The Bertz CT molecular complexity index is 851. The van der Waals surface area contributed by atoms with E-state index >= 15 is 0 Å². The molecule has 0 aliphatic heterocycles. The summed E-state index contributed by atoms with van der Waals surface area (Å²) >= 11 is 6.59. The van der Waals surface area contributed by atoms with Gasteiger partial charge in [-0.1, -0.05) is 72.3 Å². The van der Waals surface area contributed by atoms with E-state index in [1.165, 1.54) is 0 Å². The number of aromatic nitrogens is 2. The highest BCUT2D eigenvalue weighted by atomic mass is 35.5. The van der Waals surface area contributed by atoms with Crippen LogP contribution in [0, 0.1) is 0 Å². The minimum atomic E-state index is 0.403. The monoisotopic (exact) mass is 324 g/mol. The molecule has 0 fully saturated rings. The van der Waals surface area contributed by atoms with Crippen molar-refractivity contribution in [3.63, 3.8) is 0 Å². The summed E-state index contributed by atoms with van der Waals surface area (Å²) in [4.78, 5) is 0. The van der Waals surface area contributed by atoms with Gasteiger partial charge in [0.1, 0.15) is 11.5 Å². The standard InChI is InChI=1S/C18H17ClN4/c1-23-18(21)14(17(22-23)13-10-6-3-7-11-13)15(19)16(20)12-8-4-2-5-9-12/h2-11H,20-21H2,1H3/b16-15+. The summed E-state index contributed by atoms with van der Waals surface area (Å²) in [6, 6.07) is 19.4.